The zero-order valence-electron chi connectivity index (χ0n) is 15.6. The van der Waals surface area contributed by atoms with Gasteiger partial charge in [0.1, 0.15) is 0 Å². The van der Waals surface area contributed by atoms with E-state index < -0.39 is 0 Å². The standard InChI is InChI=1S/C21H29N3OS/c1-2-3-5-11-19-20(26-21(25)22-19)12-8-13-23-14-16-24(17-15-23)18-9-6-4-7-10-18/h4,6-10,13H,2-3,5,11-12,14-17H2,1H3,(H,22,25). The highest BCUT2D eigenvalue weighted by molar-refractivity contribution is 7.09. The lowest BCUT2D eigenvalue weighted by Gasteiger charge is -2.35. The van der Waals surface area contributed by atoms with Gasteiger partial charge in [0.25, 0.3) is 0 Å². The number of aryl methyl sites for hydroxylation is 1. The second-order valence-corrected chi connectivity index (χ2v) is 7.89. The summed E-state index contributed by atoms with van der Waals surface area (Å²) >= 11 is 1.37. The lowest BCUT2D eigenvalue weighted by molar-refractivity contribution is 0.348. The number of thiazole rings is 1. The van der Waals surface area contributed by atoms with Crippen molar-refractivity contribution in [2.45, 2.75) is 39.0 Å². The van der Waals surface area contributed by atoms with Crippen LogP contribution in [0.1, 0.15) is 36.8 Å². The predicted octanol–water partition coefficient (Wildman–Crippen LogP) is 4.05. The van der Waals surface area contributed by atoms with Crippen LogP contribution in [0.2, 0.25) is 0 Å². The van der Waals surface area contributed by atoms with Crippen molar-refractivity contribution in [3.05, 3.63) is 62.8 Å². The van der Waals surface area contributed by atoms with Gasteiger partial charge in [-0.15, -0.1) is 0 Å². The second kappa shape index (κ2) is 9.62. The summed E-state index contributed by atoms with van der Waals surface area (Å²) < 4.78 is 0. The third-order valence-electron chi connectivity index (χ3n) is 4.89. The van der Waals surface area contributed by atoms with Crippen LogP contribution in [0.15, 0.2) is 47.4 Å². The lowest BCUT2D eigenvalue weighted by Crippen LogP contribution is -2.44. The SMILES string of the molecule is CCCCCc1[nH]c(=O)sc1CC=CN1CCN(c2ccccc2)CC1. The molecule has 3 rings (SSSR count). The maximum absolute atomic E-state index is 11.7. The monoisotopic (exact) mass is 371 g/mol. The first-order valence-electron chi connectivity index (χ1n) is 9.68. The highest BCUT2D eigenvalue weighted by atomic mass is 32.1. The first-order chi connectivity index (χ1) is 12.8. The number of nitrogens with one attached hydrogen (secondary N) is 1. The van der Waals surface area contributed by atoms with Gasteiger partial charge in [0.05, 0.1) is 0 Å². The molecule has 1 aliphatic heterocycles. The average molecular weight is 372 g/mol. The molecule has 0 atom stereocenters. The summed E-state index contributed by atoms with van der Waals surface area (Å²) in [6.45, 7) is 6.38. The Morgan fingerprint density at radius 1 is 1.12 bits per heavy atom. The molecule has 2 aromatic rings. The molecule has 4 nitrogen and oxygen atoms in total. The van der Waals surface area contributed by atoms with Crippen LogP contribution in [0.4, 0.5) is 5.69 Å². The fourth-order valence-electron chi connectivity index (χ4n) is 3.39. The maximum Gasteiger partial charge on any atom is 0.304 e. The maximum atomic E-state index is 11.7. The number of aromatic amines is 1. The number of allylic oxidation sites excluding steroid dienone is 1. The summed E-state index contributed by atoms with van der Waals surface area (Å²) in [5, 5.41) is 0. The summed E-state index contributed by atoms with van der Waals surface area (Å²) in [5.41, 5.74) is 2.46. The molecule has 0 saturated carbocycles. The van der Waals surface area contributed by atoms with Crippen LogP contribution in [0.25, 0.3) is 0 Å². The molecule has 140 valence electrons. The van der Waals surface area contributed by atoms with Crippen molar-refractivity contribution in [1.29, 1.82) is 0 Å². The van der Waals surface area contributed by atoms with E-state index in [4.69, 9.17) is 0 Å². The van der Waals surface area contributed by atoms with Crippen LogP contribution in [0.5, 0.6) is 0 Å². The number of aromatic nitrogens is 1. The van der Waals surface area contributed by atoms with Gasteiger partial charge in [0.15, 0.2) is 0 Å². The molecule has 0 bridgehead atoms. The molecule has 0 radical (unpaired) electrons. The van der Waals surface area contributed by atoms with E-state index in [2.05, 4.69) is 64.3 Å². The number of benzene rings is 1. The average Bonchev–Trinajstić information content (AvgIpc) is 3.03. The Labute approximate surface area is 160 Å². The lowest BCUT2D eigenvalue weighted by atomic mass is 10.1. The van der Waals surface area contributed by atoms with Gasteiger partial charge in [-0.3, -0.25) is 4.79 Å². The van der Waals surface area contributed by atoms with E-state index in [9.17, 15) is 4.79 Å². The van der Waals surface area contributed by atoms with Gasteiger partial charge in [0, 0.05) is 48.9 Å². The molecular formula is C21H29N3OS. The second-order valence-electron chi connectivity index (χ2n) is 6.82. The van der Waals surface area contributed by atoms with Crippen molar-refractivity contribution in [2.75, 3.05) is 31.1 Å². The summed E-state index contributed by atoms with van der Waals surface area (Å²) in [5.74, 6) is 0. The van der Waals surface area contributed by atoms with E-state index in [1.54, 1.807) is 0 Å². The zero-order valence-corrected chi connectivity index (χ0v) is 16.4. The first kappa shape index (κ1) is 18.8. The summed E-state index contributed by atoms with van der Waals surface area (Å²) in [6, 6.07) is 10.6. The molecule has 26 heavy (non-hydrogen) atoms. The van der Waals surface area contributed by atoms with E-state index >= 15 is 0 Å². The number of anilines is 1. The van der Waals surface area contributed by atoms with Gasteiger partial charge in [-0.2, -0.15) is 0 Å². The minimum absolute atomic E-state index is 0.0800. The molecule has 1 aromatic carbocycles. The first-order valence-corrected chi connectivity index (χ1v) is 10.5. The van der Waals surface area contributed by atoms with Crippen molar-refractivity contribution in [3.63, 3.8) is 0 Å². The topological polar surface area (TPSA) is 39.3 Å². The van der Waals surface area contributed by atoms with Crippen LogP contribution < -0.4 is 9.77 Å². The number of hydrogen-bond acceptors (Lipinski definition) is 4. The molecule has 1 aliphatic rings. The van der Waals surface area contributed by atoms with Crippen molar-refractivity contribution in [2.24, 2.45) is 0 Å². The van der Waals surface area contributed by atoms with Crippen LogP contribution in [-0.2, 0) is 12.8 Å². The van der Waals surface area contributed by atoms with E-state index in [0.717, 1.165) is 51.1 Å². The van der Waals surface area contributed by atoms with Crippen molar-refractivity contribution in [1.82, 2.24) is 9.88 Å². The molecule has 0 spiro atoms. The Morgan fingerprint density at radius 3 is 2.62 bits per heavy atom. The third kappa shape index (κ3) is 5.24. The van der Waals surface area contributed by atoms with Crippen LogP contribution in [-0.4, -0.2) is 36.1 Å². The molecule has 5 heteroatoms. The van der Waals surface area contributed by atoms with Crippen LogP contribution in [0.3, 0.4) is 0 Å². The summed E-state index contributed by atoms with van der Waals surface area (Å²) in [7, 11) is 0. The molecular weight excluding hydrogens is 342 g/mol. The van der Waals surface area contributed by atoms with Gasteiger partial charge < -0.3 is 14.8 Å². The van der Waals surface area contributed by atoms with Gasteiger partial charge in [-0.05, 0) is 31.2 Å². The number of H-pyrrole nitrogens is 1. The van der Waals surface area contributed by atoms with Gasteiger partial charge >= 0.3 is 4.87 Å². The van der Waals surface area contributed by atoms with E-state index in [0.29, 0.717) is 0 Å². The largest absolute Gasteiger partial charge is 0.374 e. The molecule has 1 N–H and O–H groups in total. The fraction of sp³-hybridized carbons (Fsp3) is 0.476. The fourth-order valence-corrected chi connectivity index (χ4v) is 4.24. The summed E-state index contributed by atoms with van der Waals surface area (Å²) in [6.07, 6.45) is 9.84. The van der Waals surface area contributed by atoms with Gasteiger partial charge in [-0.1, -0.05) is 55.4 Å². The van der Waals surface area contributed by atoms with Crippen molar-refractivity contribution in [3.8, 4) is 0 Å². The number of para-hydroxylation sites is 1. The minimum Gasteiger partial charge on any atom is -0.374 e. The quantitative estimate of drug-likeness (QED) is 0.712. The highest BCUT2D eigenvalue weighted by Crippen LogP contribution is 2.17. The molecule has 0 amide bonds. The van der Waals surface area contributed by atoms with Gasteiger partial charge in [-0.25, -0.2) is 0 Å². The normalized spacial score (nSPS) is 15.1. The minimum atomic E-state index is 0.0800. The van der Waals surface area contributed by atoms with Crippen molar-refractivity contribution >= 4 is 17.0 Å². The van der Waals surface area contributed by atoms with E-state index in [-0.39, 0.29) is 4.87 Å². The Bertz CT molecular complexity index is 742. The number of piperazine rings is 1. The molecule has 0 aliphatic carbocycles. The summed E-state index contributed by atoms with van der Waals surface area (Å²) in [4.78, 5) is 20.8. The molecule has 1 aromatic heterocycles. The smallest absolute Gasteiger partial charge is 0.304 e. The van der Waals surface area contributed by atoms with E-state index in [1.165, 1.54) is 34.7 Å². The predicted molar refractivity (Wildman–Crippen MR) is 111 cm³/mol. The number of unbranched alkanes of at least 4 members (excludes halogenated alkanes) is 2. The number of hydrogen-bond donors (Lipinski definition) is 1. The van der Waals surface area contributed by atoms with Crippen LogP contribution >= 0.6 is 11.3 Å². The third-order valence-corrected chi connectivity index (χ3v) is 5.84. The van der Waals surface area contributed by atoms with E-state index in [1.807, 2.05) is 0 Å². The highest BCUT2D eigenvalue weighted by Gasteiger charge is 2.14. The molecule has 0 unspecified atom stereocenters. The Kier molecular flexibility index (Phi) is 6.95. The Morgan fingerprint density at radius 2 is 1.88 bits per heavy atom. The van der Waals surface area contributed by atoms with Gasteiger partial charge in [0.2, 0.25) is 0 Å². The molecule has 1 fully saturated rings. The molecule has 1 saturated heterocycles. The van der Waals surface area contributed by atoms with Crippen molar-refractivity contribution < 1.29 is 0 Å². The number of nitrogens with zero attached hydrogens (tertiary/aromatic N) is 2. The van der Waals surface area contributed by atoms with Crippen LogP contribution in [0, 0.1) is 0 Å². The molecule has 2 heterocycles. The Balaban J connectivity index is 1.48. The Hall–Kier alpha value is -2.01. The number of rotatable bonds is 8. The zero-order chi connectivity index (χ0) is 18.2.